The molecule has 154 valence electrons. The van der Waals surface area contributed by atoms with E-state index in [0.29, 0.717) is 36.7 Å². The molecule has 0 unspecified atom stereocenters. The monoisotopic (exact) mass is 406 g/mol. The molecule has 8 nitrogen and oxygen atoms in total. The fraction of sp³-hybridized carbons (Fsp3) is 0.273. The van der Waals surface area contributed by atoms with Crippen molar-refractivity contribution >= 4 is 5.91 Å². The SMILES string of the molecule is COc1cc2c(cc1OC)CN(C(=O)Cn1nc(-c3cccnc3)ccc1=O)CC2. The predicted molar refractivity (Wildman–Crippen MR) is 110 cm³/mol. The van der Waals surface area contributed by atoms with Gasteiger partial charge in [0.1, 0.15) is 6.54 Å². The molecule has 0 aliphatic carbocycles. The largest absolute Gasteiger partial charge is 0.493 e. The number of benzene rings is 1. The van der Waals surface area contributed by atoms with Gasteiger partial charge in [0.15, 0.2) is 11.5 Å². The molecule has 0 N–H and O–H groups in total. The maximum atomic E-state index is 12.9. The fourth-order valence-electron chi connectivity index (χ4n) is 3.55. The highest BCUT2D eigenvalue weighted by Gasteiger charge is 2.23. The van der Waals surface area contributed by atoms with Gasteiger partial charge in [0.2, 0.25) is 5.91 Å². The van der Waals surface area contributed by atoms with Gasteiger partial charge in [0, 0.05) is 37.1 Å². The van der Waals surface area contributed by atoms with Gasteiger partial charge in [-0.25, -0.2) is 4.68 Å². The smallest absolute Gasteiger partial charge is 0.267 e. The van der Waals surface area contributed by atoms with Gasteiger partial charge in [-0.15, -0.1) is 0 Å². The Balaban J connectivity index is 1.53. The molecule has 1 aromatic carbocycles. The second kappa shape index (κ2) is 8.36. The fourth-order valence-corrected chi connectivity index (χ4v) is 3.55. The number of methoxy groups -OCH3 is 2. The van der Waals surface area contributed by atoms with E-state index >= 15 is 0 Å². The number of amides is 1. The third-order valence-corrected chi connectivity index (χ3v) is 5.18. The normalized spacial score (nSPS) is 12.9. The maximum absolute atomic E-state index is 12.9. The number of rotatable bonds is 5. The number of hydrogen-bond acceptors (Lipinski definition) is 6. The van der Waals surface area contributed by atoms with Crippen LogP contribution in [-0.4, -0.2) is 46.3 Å². The van der Waals surface area contributed by atoms with E-state index in [4.69, 9.17) is 9.47 Å². The highest BCUT2D eigenvalue weighted by atomic mass is 16.5. The second-order valence-electron chi connectivity index (χ2n) is 7.00. The molecule has 2 aromatic heterocycles. The van der Waals surface area contributed by atoms with Crippen molar-refractivity contribution in [1.29, 1.82) is 0 Å². The van der Waals surface area contributed by atoms with Crippen molar-refractivity contribution in [3.63, 3.8) is 0 Å². The molecule has 0 radical (unpaired) electrons. The maximum Gasteiger partial charge on any atom is 0.267 e. The van der Waals surface area contributed by atoms with Gasteiger partial charge in [-0.05, 0) is 47.9 Å². The molecule has 8 heteroatoms. The number of carbonyl (C=O) groups is 1. The first-order chi connectivity index (χ1) is 14.6. The van der Waals surface area contributed by atoms with Crippen molar-refractivity contribution in [2.45, 2.75) is 19.5 Å². The summed E-state index contributed by atoms with van der Waals surface area (Å²) in [6.45, 7) is 0.902. The van der Waals surface area contributed by atoms with Crippen LogP contribution in [0.2, 0.25) is 0 Å². The summed E-state index contributed by atoms with van der Waals surface area (Å²) in [7, 11) is 3.19. The lowest BCUT2D eigenvalue weighted by Crippen LogP contribution is -2.40. The van der Waals surface area contributed by atoms with Crippen LogP contribution >= 0.6 is 0 Å². The third-order valence-electron chi connectivity index (χ3n) is 5.18. The van der Waals surface area contributed by atoms with Crippen LogP contribution in [0, 0.1) is 0 Å². The lowest BCUT2D eigenvalue weighted by atomic mass is 9.98. The standard InChI is InChI=1S/C22H22N4O4/c1-29-19-10-15-7-9-25(13-17(15)11-20(19)30-2)22(28)14-26-21(27)6-5-18(24-26)16-4-3-8-23-12-16/h3-6,8,10-12H,7,9,13-14H2,1-2H3. The van der Waals surface area contributed by atoms with E-state index in [1.807, 2.05) is 18.2 Å². The molecule has 1 aliphatic rings. The molecule has 1 amide bonds. The van der Waals surface area contributed by atoms with Crippen molar-refractivity contribution in [3.8, 4) is 22.8 Å². The molecule has 30 heavy (non-hydrogen) atoms. The Morgan fingerprint density at radius 3 is 2.57 bits per heavy atom. The van der Waals surface area contributed by atoms with E-state index in [2.05, 4.69) is 10.1 Å². The van der Waals surface area contributed by atoms with Crippen molar-refractivity contribution in [2.75, 3.05) is 20.8 Å². The van der Waals surface area contributed by atoms with Gasteiger partial charge < -0.3 is 14.4 Å². The highest BCUT2D eigenvalue weighted by molar-refractivity contribution is 5.76. The first kappa shape index (κ1) is 19.6. The van der Waals surface area contributed by atoms with Crippen LogP contribution in [-0.2, 0) is 24.3 Å². The van der Waals surface area contributed by atoms with Gasteiger partial charge in [-0.2, -0.15) is 5.10 Å². The predicted octanol–water partition coefficient (Wildman–Crippen LogP) is 1.91. The minimum atomic E-state index is -0.320. The average Bonchev–Trinajstić information content (AvgIpc) is 2.79. The number of fused-ring (bicyclic) bond motifs is 1. The first-order valence-electron chi connectivity index (χ1n) is 9.59. The lowest BCUT2D eigenvalue weighted by Gasteiger charge is -2.29. The molecule has 3 heterocycles. The molecular weight excluding hydrogens is 384 g/mol. The number of hydrogen-bond donors (Lipinski definition) is 0. The van der Waals surface area contributed by atoms with Crippen LogP contribution in [0.4, 0.5) is 0 Å². The van der Waals surface area contributed by atoms with E-state index in [0.717, 1.165) is 16.7 Å². The molecule has 0 saturated heterocycles. The number of ether oxygens (including phenoxy) is 2. The summed E-state index contributed by atoms with van der Waals surface area (Å²) < 4.78 is 11.9. The topological polar surface area (TPSA) is 86.6 Å². The Hall–Kier alpha value is -3.68. The number of nitrogens with zero attached hydrogens (tertiary/aromatic N) is 4. The number of aromatic nitrogens is 3. The summed E-state index contributed by atoms with van der Waals surface area (Å²) >= 11 is 0. The van der Waals surface area contributed by atoms with Crippen LogP contribution in [0.5, 0.6) is 11.5 Å². The van der Waals surface area contributed by atoms with Crippen molar-refractivity contribution in [2.24, 2.45) is 0 Å². The molecule has 1 aliphatic heterocycles. The van der Waals surface area contributed by atoms with E-state index in [9.17, 15) is 9.59 Å². The average molecular weight is 406 g/mol. The highest BCUT2D eigenvalue weighted by Crippen LogP contribution is 2.33. The molecule has 0 bridgehead atoms. The Bertz CT molecular complexity index is 1130. The van der Waals surface area contributed by atoms with E-state index < -0.39 is 0 Å². The van der Waals surface area contributed by atoms with Crippen LogP contribution in [0.15, 0.2) is 53.6 Å². The van der Waals surface area contributed by atoms with Crippen molar-refractivity contribution < 1.29 is 14.3 Å². The Labute approximate surface area is 173 Å². The summed E-state index contributed by atoms with van der Waals surface area (Å²) in [4.78, 5) is 31.0. The van der Waals surface area contributed by atoms with Gasteiger partial charge in [-0.1, -0.05) is 0 Å². The molecule has 3 aromatic rings. The summed E-state index contributed by atoms with van der Waals surface area (Å²) in [5.74, 6) is 1.15. The zero-order chi connectivity index (χ0) is 21.1. The first-order valence-corrected chi connectivity index (χ1v) is 9.59. The van der Waals surface area contributed by atoms with Gasteiger partial charge in [0.05, 0.1) is 19.9 Å². The Morgan fingerprint density at radius 2 is 1.87 bits per heavy atom. The van der Waals surface area contributed by atoms with E-state index in [1.54, 1.807) is 43.6 Å². The summed E-state index contributed by atoms with van der Waals surface area (Å²) in [5.41, 5.74) is 3.20. The van der Waals surface area contributed by atoms with Crippen LogP contribution in [0.3, 0.4) is 0 Å². The molecule has 0 fully saturated rings. The summed E-state index contributed by atoms with van der Waals surface area (Å²) in [5, 5.41) is 4.35. The Kier molecular flexibility index (Phi) is 5.47. The van der Waals surface area contributed by atoms with Gasteiger partial charge in [0.25, 0.3) is 5.56 Å². The van der Waals surface area contributed by atoms with Crippen LogP contribution in [0.25, 0.3) is 11.3 Å². The van der Waals surface area contributed by atoms with Crippen molar-refractivity contribution in [1.82, 2.24) is 19.7 Å². The molecule has 0 saturated carbocycles. The zero-order valence-electron chi connectivity index (χ0n) is 16.9. The summed E-state index contributed by atoms with van der Waals surface area (Å²) in [6.07, 6.45) is 4.05. The molecular formula is C22H22N4O4. The molecule has 4 rings (SSSR count). The second-order valence-corrected chi connectivity index (χ2v) is 7.00. The number of pyridine rings is 1. The van der Waals surface area contributed by atoms with Crippen LogP contribution < -0.4 is 15.0 Å². The van der Waals surface area contributed by atoms with Gasteiger partial charge >= 0.3 is 0 Å². The zero-order valence-corrected chi connectivity index (χ0v) is 16.9. The van der Waals surface area contributed by atoms with E-state index in [1.165, 1.54) is 10.7 Å². The van der Waals surface area contributed by atoms with Crippen molar-refractivity contribution in [3.05, 3.63) is 70.3 Å². The summed E-state index contributed by atoms with van der Waals surface area (Å²) in [6, 6.07) is 10.6. The number of carbonyl (C=O) groups excluding carboxylic acids is 1. The molecule has 0 atom stereocenters. The van der Waals surface area contributed by atoms with Gasteiger partial charge in [-0.3, -0.25) is 14.6 Å². The quantitative estimate of drug-likeness (QED) is 0.643. The molecule has 0 spiro atoms. The minimum Gasteiger partial charge on any atom is -0.493 e. The lowest BCUT2D eigenvalue weighted by molar-refractivity contribution is -0.133. The van der Waals surface area contributed by atoms with E-state index in [-0.39, 0.29) is 18.0 Å². The minimum absolute atomic E-state index is 0.116. The third kappa shape index (κ3) is 3.89. The van der Waals surface area contributed by atoms with Crippen LogP contribution in [0.1, 0.15) is 11.1 Å². The Morgan fingerprint density at radius 1 is 1.10 bits per heavy atom.